The molecular weight excluding hydrogens is 331 g/mol. The van der Waals surface area contributed by atoms with Crippen LogP contribution in [-0.2, 0) is 23.9 Å². The zero-order valence-electron chi connectivity index (χ0n) is 13.4. The maximum absolute atomic E-state index is 13.8. The fourth-order valence-corrected chi connectivity index (χ4v) is 3.01. The molecule has 0 saturated carbocycles. The van der Waals surface area contributed by atoms with E-state index in [9.17, 15) is 23.6 Å². The lowest BCUT2D eigenvalue weighted by Gasteiger charge is -2.17. The highest BCUT2D eigenvalue weighted by Crippen LogP contribution is 2.27. The average molecular weight is 348 g/mol. The summed E-state index contributed by atoms with van der Waals surface area (Å²) < 4.78 is 18.8. The maximum Gasteiger partial charge on any atom is 0.311 e. The molecule has 0 N–H and O–H groups in total. The number of nitrogens with zero attached hydrogens (tertiary/aromatic N) is 2. The van der Waals surface area contributed by atoms with Crippen LogP contribution < -0.4 is 4.90 Å². The Morgan fingerprint density at radius 1 is 1.20 bits per heavy atom. The highest BCUT2D eigenvalue weighted by molar-refractivity contribution is 6.00. The molecule has 3 rings (SSSR count). The van der Waals surface area contributed by atoms with Crippen molar-refractivity contribution in [2.24, 2.45) is 5.92 Å². The van der Waals surface area contributed by atoms with Gasteiger partial charge in [-0.1, -0.05) is 12.1 Å². The van der Waals surface area contributed by atoms with E-state index < -0.39 is 30.2 Å². The van der Waals surface area contributed by atoms with Crippen molar-refractivity contribution in [3.63, 3.8) is 0 Å². The van der Waals surface area contributed by atoms with E-state index in [1.165, 1.54) is 23.1 Å². The number of likely N-dealkylation sites (tertiary alicyclic amines) is 1. The van der Waals surface area contributed by atoms with E-state index in [4.69, 9.17) is 4.74 Å². The Bertz CT molecular complexity index is 736. The molecule has 8 heteroatoms. The first-order valence-electron chi connectivity index (χ1n) is 8.02. The van der Waals surface area contributed by atoms with E-state index in [1.807, 2.05) is 0 Å². The number of rotatable bonds is 4. The van der Waals surface area contributed by atoms with Gasteiger partial charge in [0.2, 0.25) is 11.8 Å². The summed E-state index contributed by atoms with van der Waals surface area (Å²) in [5.41, 5.74) is 0.113. The number of hydrogen-bond donors (Lipinski definition) is 0. The van der Waals surface area contributed by atoms with Crippen LogP contribution >= 0.6 is 0 Å². The number of amides is 3. The largest absolute Gasteiger partial charge is 0.455 e. The summed E-state index contributed by atoms with van der Waals surface area (Å²) in [6, 6.07) is 5.81. The molecule has 1 aromatic rings. The molecule has 2 saturated heterocycles. The van der Waals surface area contributed by atoms with E-state index in [-0.39, 0.29) is 30.5 Å². The van der Waals surface area contributed by atoms with Gasteiger partial charge < -0.3 is 9.64 Å². The van der Waals surface area contributed by atoms with Gasteiger partial charge in [-0.05, 0) is 18.6 Å². The summed E-state index contributed by atoms with van der Waals surface area (Å²) in [5.74, 6) is -3.24. The lowest BCUT2D eigenvalue weighted by atomic mass is 10.1. The summed E-state index contributed by atoms with van der Waals surface area (Å²) in [4.78, 5) is 49.8. The van der Waals surface area contributed by atoms with Crippen LogP contribution in [0.15, 0.2) is 24.3 Å². The number of para-hydroxylation sites is 1. The third-order valence-electron chi connectivity index (χ3n) is 4.31. The van der Waals surface area contributed by atoms with Crippen LogP contribution in [0.4, 0.5) is 10.1 Å². The van der Waals surface area contributed by atoms with Crippen LogP contribution in [0.2, 0.25) is 0 Å². The zero-order valence-corrected chi connectivity index (χ0v) is 13.4. The Balaban J connectivity index is 1.57. The van der Waals surface area contributed by atoms with Crippen molar-refractivity contribution >= 4 is 29.4 Å². The number of benzene rings is 1. The highest BCUT2D eigenvalue weighted by atomic mass is 19.1. The van der Waals surface area contributed by atoms with Gasteiger partial charge >= 0.3 is 5.97 Å². The predicted molar refractivity (Wildman–Crippen MR) is 83.8 cm³/mol. The van der Waals surface area contributed by atoms with Gasteiger partial charge in [0.25, 0.3) is 5.91 Å². The molecule has 0 radical (unpaired) electrons. The summed E-state index contributed by atoms with van der Waals surface area (Å²) >= 11 is 0. The van der Waals surface area contributed by atoms with Gasteiger partial charge in [-0.2, -0.15) is 0 Å². The molecule has 132 valence electrons. The fraction of sp³-hybridized carbons (Fsp3) is 0.412. The van der Waals surface area contributed by atoms with Gasteiger partial charge in [0.1, 0.15) is 5.82 Å². The van der Waals surface area contributed by atoms with E-state index >= 15 is 0 Å². The minimum Gasteiger partial charge on any atom is -0.455 e. The fourth-order valence-electron chi connectivity index (χ4n) is 3.01. The summed E-state index contributed by atoms with van der Waals surface area (Å²) in [6.07, 6.45) is 0.811. The van der Waals surface area contributed by atoms with Gasteiger partial charge in [-0.3, -0.25) is 24.1 Å². The number of carbonyl (C=O) groups excluding carboxylic acids is 4. The molecule has 0 unspecified atom stereocenters. The standard InChI is InChI=1S/C17H17FN2O5/c18-12-4-1-2-5-13(12)20-9-11(8-15(20)22)17(24)25-10-16(23)19-7-3-6-14(19)21/h1-2,4-5,11H,3,6-10H2/t11-/m0/s1. The number of halogens is 1. The third kappa shape index (κ3) is 3.52. The molecule has 1 atom stereocenters. The van der Waals surface area contributed by atoms with E-state index in [2.05, 4.69) is 0 Å². The van der Waals surface area contributed by atoms with Crippen molar-refractivity contribution < 1.29 is 28.3 Å². The van der Waals surface area contributed by atoms with Crippen molar-refractivity contribution in [2.75, 3.05) is 24.6 Å². The second-order valence-electron chi connectivity index (χ2n) is 6.01. The van der Waals surface area contributed by atoms with Crippen LogP contribution in [0, 0.1) is 11.7 Å². The first kappa shape index (κ1) is 17.1. The molecule has 1 aromatic carbocycles. The lowest BCUT2D eigenvalue weighted by Crippen LogP contribution is -2.36. The van der Waals surface area contributed by atoms with Gasteiger partial charge in [0.15, 0.2) is 6.61 Å². The van der Waals surface area contributed by atoms with Crippen molar-refractivity contribution in [1.82, 2.24) is 4.90 Å². The summed E-state index contributed by atoms with van der Waals surface area (Å²) in [5, 5.41) is 0. The monoisotopic (exact) mass is 348 g/mol. The number of ether oxygens (including phenoxy) is 1. The molecule has 2 aliphatic rings. The number of anilines is 1. The van der Waals surface area contributed by atoms with E-state index in [0.717, 1.165) is 4.90 Å². The molecule has 0 bridgehead atoms. The molecule has 2 aliphatic heterocycles. The minimum atomic E-state index is -0.769. The second-order valence-corrected chi connectivity index (χ2v) is 6.01. The van der Waals surface area contributed by atoms with E-state index in [1.54, 1.807) is 6.07 Å². The van der Waals surface area contributed by atoms with E-state index in [0.29, 0.717) is 19.4 Å². The molecule has 0 aromatic heterocycles. The topological polar surface area (TPSA) is 84.0 Å². The van der Waals surface area contributed by atoms with Crippen LogP contribution in [-0.4, -0.2) is 48.3 Å². The van der Waals surface area contributed by atoms with Crippen LogP contribution in [0.3, 0.4) is 0 Å². The molecular formula is C17H17FN2O5. The Kier molecular flexibility index (Phi) is 4.78. The first-order chi connectivity index (χ1) is 12.0. The van der Waals surface area contributed by atoms with Crippen molar-refractivity contribution in [2.45, 2.75) is 19.3 Å². The molecule has 2 fully saturated rings. The van der Waals surface area contributed by atoms with Crippen molar-refractivity contribution in [3.05, 3.63) is 30.1 Å². The smallest absolute Gasteiger partial charge is 0.311 e. The molecule has 25 heavy (non-hydrogen) atoms. The Hall–Kier alpha value is -2.77. The summed E-state index contributed by atoms with van der Waals surface area (Å²) in [7, 11) is 0. The summed E-state index contributed by atoms with van der Waals surface area (Å²) in [6.45, 7) is -0.206. The third-order valence-corrected chi connectivity index (χ3v) is 4.31. The Morgan fingerprint density at radius 3 is 2.64 bits per heavy atom. The predicted octanol–water partition coefficient (Wildman–Crippen LogP) is 0.871. The molecule has 3 amide bonds. The highest BCUT2D eigenvalue weighted by Gasteiger charge is 2.37. The molecule has 2 heterocycles. The van der Waals surface area contributed by atoms with Crippen LogP contribution in [0.25, 0.3) is 0 Å². The maximum atomic E-state index is 13.8. The number of imide groups is 1. The molecule has 7 nitrogen and oxygen atoms in total. The van der Waals surface area contributed by atoms with Crippen molar-refractivity contribution in [1.29, 1.82) is 0 Å². The SMILES string of the molecule is O=C(OCC(=O)N1CCCC1=O)[C@H]1CC(=O)N(c2ccccc2F)C1. The number of esters is 1. The first-order valence-corrected chi connectivity index (χ1v) is 8.02. The molecule has 0 aliphatic carbocycles. The quantitative estimate of drug-likeness (QED) is 0.754. The molecule has 0 spiro atoms. The average Bonchev–Trinajstić information content (AvgIpc) is 3.19. The zero-order chi connectivity index (χ0) is 18.0. The van der Waals surface area contributed by atoms with Crippen LogP contribution in [0.1, 0.15) is 19.3 Å². The van der Waals surface area contributed by atoms with Gasteiger partial charge in [0.05, 0.1) is 11.6 Å². The number of carbonyl (C=O) groups is 4. The lowest BCUT2D eigenvalue weighted by molar-refractivity contribution is -0.157. The van der Waals surface area contributed by atoms with Gasteiger partial charge in [-0.15, -0.1) is 0 Å². The number of hydrogen-bond acceptors (Lipinski definition) is 5. The minimum absolute atomic E-state index is 0.00453. The Morgan fingerprint density at radius 2 is 1.96 bits per heavy atom. The Labute approximate surface area is 143 Å². The van der Waals surface area contributed by atoms with Crippen molar-refractivity contribution in [3.8, 4) is 0 Å². The second kappa shape index (κ2) is 7.00. The van der Waals surface area contributed by atoms with Gasteiger partial charge in [0, 0.05) is 25.9 Å². The van der Waals surface area contributed by atoms with Crippen LogP contribution in [0.5, 0.6) is 0 Å². The normalized spacial score (nSPS) is 20.3. The van der Waals surface area contributed by atoms with Gasteiger partial charge in [-0.25, -0.2) is 4.39 Å².